The van der Waals surface area contributed by atoms with Gasteiger partial charge in [-0.2, -0.15) is 0 Å². The first-order chi connectivity index (χ1) is 13.7. The molecule has 1 amide bonds. The molecule has 0 saturated heterocycles. The highest BCUT2D eigenvalue weighted by Crippen LogP contribution is 2.33. The molecule has 1 N–H and O–H groups in total. The van der Waals surface area contributed by atoms with E-state index in [9.17, 15) is 4.79 Å². The van der Waals surface area contributed by atoms with Gasteiger partial charge in [-0.05, 0) is 36.4 Å². The Labute approximate surface area is 161 Å². The summed E-state index contributed by atoms with van der Waals surface area (Å²) >= 11 is 0. The number of fused-ring (bicyclic) bond motifs is 3. The van der Waals surface area contributed by atoms with Crippen molar-refractivity contribution in [3.8, 4) is 11.4 Å². The van der Waals surface area contributed by atoms with Crippen molar-refractivity contribution in [2.45, 2.75) is 18.9 Å². The number of carbonyl (C=O) groups is 1. The lowest BCUT2D eigenvalue weighted by Crippen LogP contribution is -2.22. The van der Waals surface area contributed by atoms with Gasteiger partial charge in [0.2, 0.25) is 5.91 Å². The second-order valence-corrected chi connectivity index (χ2v) is 6.76. The highest BCUT2D eigenvalue weighted by molar-refractivity contribution is 5.78. The van der Waals surface area contributed by atoms with Crippen LogP contribution in [0.15, 0.2) is 61.1 Å². The molecule has 7 heteroatoms. The van der Waals surface area contributed by atoms with Gasteiger partial charge >= 0.3 is 0 Å². The summed E-state index contributed by atoms with van der Waals surface area (Å²) in [6.45, 7) is 0.426. The third-order valence-electron chi connectivity index (χ3n) is 5.15. The molecular formula is C21H19N5O2. The zero-order valence-corrected chi connectivity index (χ0v) is 15.4. The molecule has 3 aromatic heterocycles. The largest absolute Gasteiger partial charge is 0.497 e. The first-order valence-corrected chi connectivity index (χ1v) is 9.15. The molecule has 5 rings (SSSR count). The third-order valence-corrected chi connectivity index (χ3v) is 5.15. The molecule has 0 unspecified atom stereocenters. The predicted octanol–water partition coefficient (Wildman–Crippen LogP) is 2.68. The minimum absolute atomic E-state index is 0.00281. The summed E-state index contributed by atoms with van der Waals surface area (Å²) in [4.78, 5) is 21.8. The van der Waals surface area contributed by atoms with Crippen LogP contribution in [0.25, 0.3) is 11.3 Å². The molecule has 0 aliphatic carbocycles. The van der Waals surface area contributed by atoms with E-state index in [1.807, 2.05) is 59.4 Å². The Kier molecular flexibility index (Phi) is 3.86. The van der Waals surface area contributed by atoms with Crippen molar-refractivity contribution in [1.29, 1.82) is 0 Å². The van der Waals surface area contributed by atoms with Crippen molar-refractivity contribution in [1.82, 2.24) is 24.3 Å². The van der Waals surface area contributed by atoms with Gasteiger partial charge in [0.05, 0.1) is 31.0 Å². The molecule has 1 aromatic carbocycles. The molecule has 1 aliphatic heterocycles. The van der Waals surface area contributed by atoms with Crippen molar-refractivity contribution >= 4 is 11.6 Å². The number of hydrogen-bond acceptors (Lipinski definition) is 4. The highest BCUT2D eigenvalue weighted by atomic mass is 16.5. The maximum Gasteiger partial charge on any atom is 0.221 e. The summed E-state index contributed by atoms with van der Waals surface area (Å²) in [5.41, 5.74) is 3.73. The predicted molar refractivity (Wildman–Crippen MR) is 104 cm³/mol. The molecule has 7 nitrogen and oxygen atoms in total. The number of benzene rings is 1. The van der Waals surface area contributed by atoms with E-state index in [1.165, 1.54) is 0 Å². The Morgan fingerprint density at radius 3 is 2.82 bits per heavy atom. The van der Waals surface area contributed by atoms with Crippen molar-refractivity contribution in [2.75, 3.05) is 7.11 Å². The van der Waals surface area contributed by atoms with Crippen LogP contribution in [0.2, 0.25) is 0 Å². The molecule has 1 aliphatic rings. The first-order valence-electron chi connectivity index (χ1n) is 9.15. The quantitative estimate of drug-likeness (QED) is 0.599. The van der Waals surface area contributed by atoms with E-state index in [0.29, 0.717) is 13.0 Å². The van der Waals surface area contributed by atoms with Crippen LogP contribution in [0.3, 0.4) is 0 Å². The molecule has 140 valence electrons. The number of pyridine rings is 1. The van der Waals surface area contributed by atoms with E-state index in [1.54, 1.807) is 13.3 Å². The van der Waals surface area contributed by atoms with Crippen molar-refractivity contribution in [3.63, 3.8) is 0 Å². The van der Waals surface area contributed by atoms with Gasteiger partial charge in [-0.15, -0.1) is 0 Å². The van der Waals surface area contributed by atoms with Gasteiger partial charge in [-0.25, -0.2) is 9.97 Å². The van der Waals surface area contributed by atoms with Gasteiger partial charge in [-0.3, -0.25) is 4.79 Å². The average Bonchev–Trinajstić information content (AvgIpc) is 3.32. The Morgan fingerprint density at radius 1 is 1.14 bits per heavy atom. The summed E-state index contributed by atoms with van der Waals surface area (Å²) < 4.78 is 9.34. The summed E-state index contributed by atoms with van der Waals surface area (Å²) in [6.07, 6.45) is 6.00. The molecule has 0 bridgehead atoms. The normalized spacial score (nSPS) is 16.5. The van der Waals surface area contributed by atoms with E-state index < -0.39 is 0 Å². The molecule has 0 radical (unpaired) electrons. The Morgan fingerprint density at radius 2 is 2.00 bits per heavy atom. The highest BCUT2D eigenvalue weighted by Gasteiger charge is 2.31. The second kappa shape index (κ2) is 6.53. The van der Waals surface area contributed by atoms with Gasteiger partial charge in [-0.1, -0.05) is 6.07 Å². The SMILES string of the molecule is COc1ccc(-n2ccnc2[C@@H]2CC(=O)NCc3nc4ccccn4c32)cc1. The van der Waals surface area contributed by atoms with Crippen LogP contribution >= 0.6 is 0 Å². The van der Waals surface area contributed by atoms with Crippen molar-refractivity contribution in [3.05, 3.63) is 78.3 Å². The minimum Gasteiger partial charge on any atom is -0.497 e. The molecule has 0 fully saturated rings. The van der Waals surface area contributed by atoms with Crippen LogP contribution in [0.5, 0.6) is 5.75 Å². The molecule has 1 atom stereocenters. The lowest BCUT2D eigenvalue weighted by molar-refractivity contribution is -0.121. The zero-order valence-electron chi connectivity index (χ0n) is 15.4. The lowest BCUT2D eigenvalue weighted by Gasteiger charge is -2.17. The maximum absolute atomic E-state index is 12.4. The molecule has 4 heterocycles. The average molecular weight is 373 g/mol. The number of ether oxygens (including phenoxy) is 1. The number of rotatable bonds is 3. The summed E-state index contributed by atoms with van der Waals surface area (Å²) in [5.74, 6) is 1.40. The van der Waals surface area contributed by atoms with E-state index >= 15 is 0 Å². The van der Waals surface area contributed by atoms with Crippen LogP contribution in [-0.4, -0.2) is 32.0 Å². The number of imidazole rings is 2. The van der Waals surface area contributed by atoms with E-state index in [2.05, 4.69) is 14.7 Å². The Hall–Kier alpha value is -3.61. The van der Waals surface area contributed by atoms with Crippen molar-refractivity contribution in [2.24, 2.45) is 0 Å². The molecule has 4 aromatic rings. The monoisotopic (exact) mass is 373 g/mol. The summed E-state index contributed by atoms with van der Waals surface area (Å²) in [5, 5.41) is 2.96. The maximum atomic E-state index is 12.4. The van der Waals surface area contributed by atoms with Crippen LogP contribution in [0.4, 0.5) is 0 Å². The molecular weight excluding hydrogens is 354 g/mol. The topological polar surface area (TPSA) is 73.5 Å². The Bertz CT molecular complexity index is 1160. The molecule has 28 heavy (non-hydrogen) atoms. The lowest BCUT2D eigenvalue weighted by atomic mass is 9.99. The minimum atomic E-state index is -0.202. The van der Waals surface area contributed by atoms with E-state index in [-0.39, 0.29) is 11.8 Å². The van der Waals surface area contributed by atoms with Gasteiger partial charge in [0.1, 0.15) is 17.2 Å². The summed E-state index contributed by atoms with van der Waals surface area (Å²) in [6, 6.07) is 13.7. The van der Waals surface area contributed by atoms with Crippen LogP contribution in [-0.2, 0) is 11.3 Å². The van der Waals surface area contributed by atoms with Gasteiger partial charge < -0.3 is 19.0 Å². The number of carbonyl (C=O) groups excluding carboxylic acids is 1. The van der Waals surface area contributed by atoms with Crippen LogP contribution in [0, 0.1) is 0 Å². The van der Waals surface area contributed by atoms with Crippen LogP contribution < -0.4 is 10.1 Å². The summed E-state index contributed by atoms with van der Waals surface area (Å²) in [7, 11) is 1.65. The van der Waals surface area contributed by atoms with E-state index in [0.717, 1.165) is 34.3 Å². The molecule has 0 saturated carbocycles. The molecule has 0 spiro atoms. The first kappa shape index (κ1) is 16.6. The second-order valence-electron chi connectivity index (χ2n) is 6.76. The standard InChI is InChI=1S/C21H19N5O2/c1-28-15-7-5-14(6-8-15)25-11-9-22-21(25)16-12-19(27)23-13-17-20(16)26-10-3-2-4-18(26)24-17/h2-11,16H,12-13H2,1H3,(H,23,27)/t16-/m1/s1. The van der Waals surface area contributed by atoms with E-state index in [4.69, 9.17) is 9.72 Å². The number of hydrogen-bond donors (Lipinski definition) is 1. The number of methoxy groups -OCH3 is 1. The third kappa shape index (κ3) is 2.63. The van der Waals surface area contributed by atoms with Gasteiger partial charge in [0, 0.05) is 30.7 Å². The fraction of sp³-hybridized carbons (Fsp3) is 0.190. The fourth-order valence-electron chi connectivity index (χ4n) is 3.85. The number of amides is 1. The Balaban J connectivity index is 1.67. The zero-order chi connectivity index (χ0) is 19.1. The number of aromatic nitrogens is 4. The number of nitrogens with one attached hydrogen (secondary N) is 1. The number of nitrogens with zero attached hydrogens (tertiary/aromatic N) is 4. The van der Waals surface area contributed by atoms with Crippen molar-refractivity contribution < 1.29 is 9.53 Å². The fourth-order valence-corrected chi connectivity index (χ4v) is 3.85. The van der Waals surface area contributed by atoms with Gasteiger partial charge in [0.25, 0.3) is 0 Å². The smallest absolute Gasteiger partial charge is 0.221 e. The van der Waals surface area contributed by atoms with Crippen LogP contribution in [0.1, 0.15) is 29.6 Å². The van der Waals surface area contributed by atoms with Gasteiger partial charge in [0.15, 0.2) is 0 Å².